The first-order valence-corrected chi connectivity index (χ1v) is 24.0. The van der Waals surface area contributed by atoms with E-state index >= 15 is 0 Å². The van der Waals surface area contributed by atoms with Crippen molar-refractivity contribution in [2.75, 3.05) is 0 Å². The van der Waals surface area contributed by atoms with Gasteiger partial charge in [0, 0.05) is 43.9 Å². The molecule has 6 heteroatoms. The predicted molar refractivity (Wildman–Crippen MR) is 286 cm³/mol. The molecule has 3 heterocycles. The molecule has 0 aliphatic heterocycles. The van der Waals surface area contributed by atoms with E-state index in [0.29, 0.717) is 23.0 Å². The lowest BCUT2D eigenvalue weighted by Crippen LogP contribution is -2.26. The molecule has 0 saturated heterocycles. The molecule has 0 unspecified atom stereocenters. The molecular weight excluding hydrogens is 865 g/mol. The van der Waals surface area contributed by atoms with Crippen molar-refractivity contribution in [3.8, 4) is 73.9 Å². The van der Waals surface area contributed by atoms with Gasteiger partial charge in [0.2, 0.25) is 0 Å². The van der Waals surface area contributed by atoms with E-state index in [1.54, 1.807) is 0 Å². The summed E-state index contributed by atoms with van der Waals surface area (Å²) < 4.78 is 4.71. The standard InChI is InChI=1S/C65H38N6/c66-39-43-35-42(64-68-62(40-17-3-1-4-18-40)67-63(69-64)41-19-5-2-6-20-41)31-34-57(43)71-60-30-16-11-25-49(60)52-37-51-50-36-44(70-58-28-14-9-23-47(58)48-24-10-15-29-59(48)70)32-33-55(50)65(56(51)38-61(52)71)53-26-12-7-21-45(53)46-22-8-13-27-54(46)65/h1-38H. The summed E-state index contributed by atoms with van der Waals surface area (Å²) in [5, 5.41) is 15.9. The Bertz CT molecular complexity index is 4270. The molecule has 328 valence electrons. The van der Waals surface area contributed by atoms with Crippen molar-refractivity contribution in [2.45, 2.75) is 5.41 Å². The van der Waals surface area contributed by atoms with Crippen LogP contribution in [0, 0.1) is 11.3 Å². The van der Waals surface area contributed by atoms with Gasteiger partial charge in [-0.3, -0.25) is 0 Å². The van der Waals surface area contributed by atoms with Gasteiger partial charge in [0.1, 0.15) is 6.07 Å². The summed E-state index contributed by atoms with van der Waals surface area (Å²) in [5.74, 6) is 1.64. The van der Waals surface area contributed by atoms with Gasteiger partial charge in [-0.15, -0.1) is 0 Å². The Morgan fingerprint density at radius 1 is 0.338 bits per heavy atom. The van der Waals surface area contributed by atoms with Gasteiger partial charge >= 0.3 is 0 Å². The summed E-state index contributed by atoms with van der Waals surface area (Å²) in [7, 11) is 0. The van der Waals surface area contributed by atoms with Crippen LogP contribution >= 0.6 is 0 Å². The number of para-hydroxylation sites is 3. The van der Waals surface area contributed by atoms with E-state index in [0.717, 1.165) is 49.9 Å². The Morgan fingerprint density at radius 2 is 0.817 bits per heavy atom. The molecule has 1 spiro atoms. The quantitative estimate of drug-likeness (QED) is 0.172. The van der Waals surface area contributed by atoms with Crippen LogP contribution < -0.4 is 0 Å². The van der Waals surface area contributed by atoms with Crippen molar-refractivity contribution < 1.29 is 0 Å². The molecule has 0 saturated carbocycles. The topological polar surface area (TPSA) is 72.3 Å². The highest BCUT2D eigenvalue weighted by atomic mass is 15.0. The maximum absolute atomic E-state index is 11.2. The molecule has 15 rings (SSSR count). The minimum absolute atomic E-state index is 0.499. The van der Waals surface area contributed by atoms with E-state index in [1.807, 2.05) is 72.8 Å². The second kappa shape index (κ2) is 14.9. The Morgan fingerprint density at radius 3 is 1.41 bits per heavy atom. The third-order valence-electron chi connectivity index (χ3n) is 15.0. The molecule has 6 nitrogen and oxygen atoms in total. The first-order valence-electron chi connectivity index (χ1n) is 24.0. The summed E-state index contributed by atoms with van der Waals surface area (Å²) in [6.07, 6.45) is 0. The molecule has 13 aromatic rings. The van der Waals surface area contributed by atoms with Crippen LogP contribution in [-0.2, 0) is 5.41 Å². The van der Waals surface area contributed by atoms with E-state index in [9.17, 15) is 5.26 Å². The summed E-state index contributed by atoms with van der Waals surface area (Å²) in [4.78, 5) is 15.0. The number of hydrogen-bond acceptors (Lipinski definition) is 4. The van der Waals surface area contributed by atoms with E-state index in [4.69, 9.17) is 15.0 Å². The first-order chi connectivity index (χ1) is 35.2. The first kappa shape index (κ1) is 39.3. The number of benzene rings is 10. The second-order valence-corrected chi connectivity index (χ2v) is 18.6. The summed E-state index contributed by atoms with van der Waals surface area (Å²) in [6, 6.07) is 84.5. The number of fused-ring (bicyclic) bond motifs is 16. The van der Waals surface area contributed by atoms with Gasteiger partial charge in [-0.05, 0) is 105 Å². The van der Waals surface area contributed by atoms with Crippen LogP contribution in [0.1, 0.15) is 27.8 Å². The highest BCUT2D eigenvalue weighted by Crippen LogP contribution is 2.64. The number of nitriles is 1. The highest BCUT2D eigenvalue weighted by molar-refractivity contribution is 6.13. The minimum Gasteiger partial charge on any atom is -0.309 e. The average Bonchev–Trinajstić information content (AvgIpc) is 4.15. The molecule has 0 fully saturated rings. The Balaban J connectivity index is 0.983. The molecule has 2 aliphatic rings. The minimum atomic E-state index is -0.597. The number of aromatic nitrogens is 5. The predicted octanol–water partition coefficient (Wildman–Crippen LogP) is 15.3. The molecule has 0 atom stereocenters. The average molecular weight is 903 g/mol. The zero-order chi connectivity index (χ0) is 46.8. The fraction of sp³-hybridized carbons (Fsp3) is 0.0154. The summed E-state index contributed by atoms with van der Waals surface area (Å²) in [5.41, 5.74) is 18.7. The van der Waals surface area contributed by atoms with Crippen molar-refractivity contribution in [1.82, 2.24) is 24.1 Å². The van der Waals surface area contributed by atoms with Crippen LogP contribution in [0.4, 0.5) is 0 Å². The van der Waals surface area contributed by atoms with Gasteiger partial charge < -0.3 is 9.13 Å². The van der Waals surface area contributed by atoms with Crippen LogP contribution in [0.25, 0.3) is 111 Å². The maximum atomic E-state index is 11.2. The van der Waals surface area contributed by atoms with E-state index < -0.39 is 5.41 Å². The van der Waals surface area contributed by atoms with Gasteiger partial charge in [-0.2, -0.15) is 5.26 Å². The molecule has 10 aromatic carbocycles. The van der Waals surface area contributed by atoms with Crippen LogP contribution in [0.3, 0.4) is 0 Å². The lowest BCUT2D eigenvalue weighted by atomic mass is 9.70. The maximum Gasteiger partial charge on any atom is 0.164 e. The number of hydrogen-bond donors (Lipinski definition) is 0. The molecule has 0 N–H and O–H groups in total. The normalized spacial score (nSPS) is 12.9. The molecule has 3 aromatic heterocycles. The fourth-order valence-electron chi connectivity index (χ4n) is 12.1. The van der Waals surface area contributed by atoms with Gasteiger partial charge in [0.25, 0.3) is 0 Å². The second-order valence-electron chi connectivity index (χ2n) is 18.6. The van der Waals surface area contributed by atoms with Crippen LogP contribution in [-0.4, -0.2) is 24.1 Å². The van der Waals surface area contributed by atoms with Crippen LogP contribution in [0.5, 0.6) is 0 Å². The molecular formula is C65H38N6. The van der Waals surface area contributed by atoms with Gasteiger partial charge in [-0.25, -0.2) is 15.0 Å². The lowest BCUT2D eigenvalue weighted by molar-refractivity contribution is 0.794. The number of rotatable bonds is 5. The van der Waals surface area contributed by atoms with Crippen molar-refractivity contribution in [2.24, 2.45) is 0 Å². The Hall–Kier alpha value is -9.70. The molecule has 0 radical (unpaired) electrons. The van der Waals surface area contributed by atoms with Crippen LogP contribution in [0.15, 0.2) is 231 Å². The van der Waals surface area contributed by atoms with E-state index in [-0.39, 0.29) is 0 Å². The Kier molecular flexibility index (Phi) is 8.25. The molecule has 71 heavy (non-hydrogen) atoms. The molecule has 0 amide bonds. The highest BCUT2D eigenvalue weighted by Gasteiger charge is 2.52. The SMILES string of the molecule is N#Cc1cc(-c2nc(-c3ccccc3)nc(-c3ccccc3)n2)ccc1-n1c2ccccc2c2cc3c(cc21)C1(c2ccccc2-c2ccccc21)c1ccc(-n2c4ccccc4c4ccccc42)cc1-3. The van der Waals surface area contributed by atoms with Crippen molar-refractivity contribution in [3.63, 3.8) is 0 Å². The Labute approximate surface area is 408 Å². The third kappa shape index (κ3) is 5.49. The number of nitrogens with zero attached hydrogens (tertiary/aromatic N) is 6. The third-order valence-corrected chi connectivity index (χ3v) is 15.0. The zero-order valence-electron chi connectivity index (χ0n) is 38.1. The largest absolute Gasteiger partial charge is 0.309 e. The fourth-order valence-corrected chi connectivity index (χ4v) is 12.1. The van der Waals surface area contributed by atoms with E-state index in [1.165, 1.54) is 66.3 Å². The lowest BCUT2D eigenvalue weighted by Gasteiger charge is -2.30. The zero-order valence-corrected chi connectivity index (χ0v) is 38.1. The summed E-state index contributed by atoms with van der Waals surface area (Å²) in [6.45, 7) is 0. The van der Waals surface area contributed by atoms with Crippen molar-refractivity contribution in [3.05, 3.63) is 258 Å². The van der Waals surface area contributed by atoms with Gasteiger partial charge in [0.05, 0.1) is 38.7 Å². The van der Waals surface area contributed by atoms with Crippen molar-refractivity contribution >= 4 is 43.6 Å². The summed E-state index contributed by atoms with van der Waals surface area (Å²) >= 11 is 0. The molecule has 0 bridgehead atoms. The van der Waals surface area contributed by atoms with Gasteiger partial charge in [-0.1, -0.05) is 170 Å². The van der Waals surface area contributed by atoms with Crippen LogP contribution in [0.2, 0.25) is 0 Å². The van der Waals surface area contributed by atoms with Crippen molar-refractivity contribution in [1.29, 1.82) is 5.26 Å². The smallest absolute Gasteiger partial charge is 0.164 e. The molecule has 2 aliphatic carbocycles. The monoisotopic (exact) mass is 902 g/mol. The van der Waals surface area contributed by atoms with Gasteiger partial charge in [0.15, 0.2) is 17.5 Å². The van der Waals surface area contributed by atoms with E-state index in [2.05, 4.69) is 173 Å².